The minimum atomic E-state index is 0.588. The molecule has 0 spiro atoms. The van der Waals surface area contributed by atoms with Crippen molar-refractivity contribution in [3.63, 3.8) is 0 Å². The van der Waals surface area contributed by atoms with Crippen LogP contribution >= 0.6 is 39.0 Å². The topological polar surface area (TPSA) is 15.3 Å². The second-order valence-corrected chi connectivity index (χ2v) is 9.02. The molecule has 1 fully saturated rings. The van der Waals surface area contributed by atoms with Gasteiger partial charge < -0.3 is 10.2 Å². The van der Waals surface area contributed by atoms with Crippen LogP contribution in [0.15, 0.2) is 9.85 Å². The van der Waals surface area contributed by atoms with Gasteiger partial charge in [0.25, 0.3) is 0 Å². The monoisotopic (exact) mass is 360 g/mol. The van der Waals surface area contributed by atoms with Gasteiger partial charge in [-0.15, -0.1) is 11.3 Å². The van der Waals surface area contributed by atoms with E-state index >= 15 is 0 Å². The van der Waals surface area contributed by atoms with E-state index in [-0.39, 0.29) is 0 Å². The number of thiophene rings is 1. The SMILES string of the molecule is Brc1cc2c(s1)CCCC2NCCN1CCSCC1. The quantitative estimate of drug-likeness (QED) is 0.883. The van der Waals surface area contributed by atoms with Crippen molar-refractivity contribution in [1.82, 2.24) is 10.2 Å². The van der Waals surface area contributed by atoms with E-state index in [1.165, 1.54) is 54.2 Å². The van der Waals surface area contributed by atoms with Gasteiger partial charge in [0.1, 0.15) is 0 Å². The summed E-state index contributed by atoms with van der Waals surface area (Å²) in [7, 11) is 0. The van der Waals surface area contributed by atoms with Gasteiger partial charge in [0.05, 0.1) is 3.79 Å². The summed E-state index contributed by atoms with van der Waals surface area (Å²) < 4.78 is 1.29. The molecule has 5 heteroatoms. The fourth-order valence-electron chi connectivity index (χ4n) is 2.96. The van der Waals surface area contributed by atoms with Crippen LogP contribution in [0.5, 0.6) is 0 Å². The zero-order valence-corrected chi connectivity index (χ0v) is 14.4. The van der Waals surface area contributed by atoms with Crippen LogP contribution in [0.4, 0.5) is 0 Å². The second kappa shape index (κ2) is 6.94. The van der Waals surface area contributed by atoms with E-state index in [4.69, 9.17) is 0 Å². The van der Waals surface area contributed by atoms with Crippen LogP contribution in [-0.4, -0.2) is 42.6 Å². The lowest BCUT2D eigenvalue weighted by molar-refractivity contribution is 0.292. The van der Waals surface area contributed by atoms with E-state index in [9.17, 15) is 0 Å². The molecule has 19 heavy (non-hydrogen) atoms. The molecule has 1 saturated heterocycles. The maximum Gasteiger partial charge on any atom is 0.0704 e. The van der Waals surface area contributed by atoms with Crippen molar-refractivity contribution in [2.75, 3.05) is 37.7 Å². The van der Waals surface area contributed by atoms with Crippen molar-refractivity contribution in [1.29, 1.82) is 0 Å². The highest BCUT2D eigenvalue weighted by Crippen LogP contribution is 2.37. The molecule has 0 bridgehead atoms. The number of rotatable bonds is 4. The van der Waals surface area contributed by atoms with Crippen LogP contribution in [0.3, 0.4) is 0 Å². The summed E-state index contributed by atoms with van der Waals surface area (Å²) in [6.07, 6.45) is 3.90. The molecule has 106 valence electrons. The smallest absolute Gasteiger partial charge is 0.0704 e. The first kappa shape index (κ1) is 14.4. The van der Waals surface area contributed by atoms with Crippen LogP contribution < -0.4 is 5.32 Å². The molecule has 1 unspecified atom stereocenters. The Balaban J connectivity index is 1.50. The molecule has 1 aliphatic heterocycles. The minimum Gasteiger partial charge on any atom is -0.309 e. The van der Waals surface area contributed by atoms with Gasteiger partial charge in [-0.05, 0) is 46.8 Å². The van der Waals surface area contributed by atoms with Crippen LogP contribution in [0.2, 0.25) is 0 Å². The predicted molar refractivity (Wildman–Crippen MR) is 89.5 cm³/mol. The third-order valence-electron chi connectivity index (χ3n) is 4.01. The summed E-state index contributed by atoms with van der Waals surface area (Å²) in [6, 6.07) is 2.92. The van der Waals surface area contributed by atoms with Crippen molar-refractivity contribution < 1.29 is 0 Å². The zero-order valence-electron chi connectivity index (χ0n) is 11.2. The lowest BCUT2D eigenvalue weighted by atomic mass is 9.94. The normalized spacial score (nSPS) is 24.4. The summed E-state index contributed by atoms with van der Waals surface area (Å²) in [5, 5.41) is 3.78. The molecule has 0 saturated carbocycles. The van der Waals surface area contributed by atoms with Crippen LogP contribution in [-0.2, 0) is 6.42 Å². The number of thioether (sulfide) groups is 1. The lowest BCUT2D eigenvalue weighted by Crippen LogP contribution is -2.39. The Morgan fingerprint density at radius 1 is 1.37 bits per heavy atom. The minimum absolute atomic E-state index is 0.588. The molecule has 0 amide bonds. The molecule has 1 atom stereocenters. The van der Waals surface area contributed by atoms with Gasteiger partial charge in [-0.3, -0.25) is 0 Å². The summed E-state index contributed by atoms with van der Waals surface area (Å²) in [6.45, 7) is 4.87. The Hall–Kier alpha value is 0.450. The van der Waals surface area contributed by atoms with Crippen molar-refractivity contribution in [2.45, 2.75) is 25.3 Å². The molecule has 1 aromatic rings. The van der Waals surface area contributed by atoms with Crippen molar-refractivity contribution >= 4 is 39.0 Å². The Morgan fingerprint density at radius 3 is 3.05 bits per heavy atom. The average Bonchev–Trinajstić information content (AvgIpc) is 2.81. The van der Waals surface area contributed by atoms with Crippen LogP contribution in [0, 0.1) is 0 Å². The van der Waals surface area contributed by atoms with E-state index in [1.54, 1.807) is 10.4 Å². The zero-order chi connectivity index (χ0) is 13.1. The summed E-state index contributed by atoms with van der Waals surface area (Å²) >= 11 is 7.64. The van der Waals surface area contributed by atoms with Crippen LogP contribution in [0.1, 0.15) is 29.3 Å². The number of halogens is 1. The van der Waals surface area contributed by atoms with Crippen molar-refractivity contribution in [3.05, 3.63) is 20.3 Å². The Kier molecular flexibility index (Phi) is 5.26. The lowest BCUT2D eigenvalue weighted by Gasteiger charge is -2.28. The number of hydrogen-bond acceptors (Lipinski definition) is 4. The molecule has 3 rings (SSSR count). The first-order chi connectivity index (χ1) is 9.33. The fourth-order valence-corrected chi connectivity index (χ4v) is 5.75. The maximum absolute atomic E-state index is 3.78. The molecular formula is C14H21BrN2S2. The highest BCUT2D eigenvalue weighted by molar-refractivity contribution is 9.11. The molecule has 2 aliphatic rings. The molecule has 0 aromatic carbocycles. The van der Waals surface area contributed by atoms with E-state index in [0.717, 1.165) is 6.54 Å². The number of hydrogen-bond donors (Lipinski definition) is 1. The molecule has 1 aromatic heterocycles. The molecular weight excluding hydrogens is 340 g/mol. The van der Waals surface area contributed by atoms with Crippen LogP contribution in [0.25, 0.3) is 0 Å². The molecule has 1 N–H and O–H groups in total. The van der Waals surface area contributed by atoms with Gasteiger partial charge in [0.15, 0.2) is 0 Å². The summed E-state index contributed by atoms with van der Waals surface area (Å²) in [5.74, 6) is 2.62. The number of aryl methyl sites for hydroxylation is 1. The Labute approximate surface area is 132 Å². The highest BCUT2D eigenvalue weighted by atomic mass is 79.9. The summed E-state index contributed by atoms with van der Waals surface area (Å²) in [4.78, 5) is 4.18. The van der Waals surface area contributed by atoms with Crippen molar-refractivity contribution in [3.8, 4) is 0 Å². The van der Waals surface area contributed by atoms with E-state index in [2.05, 4.69) is 44.0 Å². The second-order valence-electron chi connectivity index (χ2n) is 5.28. The first-order valence-electron chi connectivity index (χ1n) is 7.14. The molecule has 2 heterocycles. The Morgan fingerprint density at radius 2 is 2.21 bits per heavy atom. The van der Waals surface area contributed by atoms with Gasteiger partial charge in [-0.2, -0.15) is 11.8 Å². The Bertz CT molecular complexity index is 416. The van der Waals surface area contributed by atoms with Gasteiger partial charge in [-0.1, -0.05) is 0 Å². The number of fused-ring (bicyclic) bond motifs is 1. The number of nitrogens with one attached hydrogen (secondary N) is 1. The van der Waals surface area contributed by atoms with E-state index in [1.807, 2.05) is 11.3 Å². The predicted octanol–water partition coefficient (Wildman–Crippen LogP) is 3.53. The average molecular weight is 361 g/mol. The third kappa shape index (κ3) is 3.76. The third-order valence-corrected chi connectivity index (χ3v) is 6.66. The van der Waals surface area contributed by atoms with Gasteiger partial charge >= 0.3 is 0 Å². The van der Waals surface area contributed by atoms with E-state index in [0.29, 0.717) is 6.04 Å². The molecule has 0 radical (unpaired) electrons. The van der Waals surface area contributed by atoms with Gasteiger partial charge in [0, 0.05) is 48.6 Å². The van der Waals surface area contributed by atoms with Gasteiger partial charge in [0.2, 0.25) is 0 Å². The number of nitrogens with zero attached hydrogens (tertiary/aromatic N) is 1. The molecule has 2 nitrogen and oxygen atoms in total. The van der Waals surface area contributed by atoms with E-state index < -0.39 is 0 Å². The largest absolute Gasteiger partial charge is 0.309 e. The summed E-state index contributed by atoms with van der Waals surface area (Å²) in [5.41, 5.74) is 1.55. The first-order valence-corrected chi connectivity index (χ1v) is 9.91. The maximum atomic E-state index is 3.78. The standard InChI is InChI=1S/C14H21BrN2S2/c15-14-10-11-12(2-1-3-13(11)19-14)16-4-5-17-6-8-18-9-7-17/h10,12,16H,1-9H2. The van der Waals surface area contributed by atoms with Crippen molar-refractivity contribution in [2.24, 2.45) is 0 Å². The highest BCUT2D eigenvalue weighted by Gasteiger charge is 2.22. The molecule has 1 aliphatic carbocycles. The van der Waals surface area contributed by atoms with Gasteiger partial charge in [-0.25, -0.2) is 0 Å². The fraction of sp³-hybridized carbons (Fsp3) is 0.714.